The second-order valence-electron chi connectivity index (χ2n) is 8.88. The van der Waals surface area contributed by atoms with E-state index in [-0.39, 0.29) is 29.7 Å². The Hall–Kier alpha value is -2.41. The Balaban J connectivity index is 1.68. The van der Waals surface area contributed by atoms with Crippen molar-refractivity contribution in [1.82, 2.24) is 15.5 Å². The molecule has 0 spiro atoms. The first-order chi connectivity index (χ1) is 14.9. The van der Waals surface area contributed by atoms with E-state index in [0.717, 1.165) is 19.3 Å². The van der Waals surface area contributed by atoms with Crippen LogP contribution in [0, 0.1) is 12.8 Å². The highest BCUT2D eigenvalue weighted by Gasteiger charge is 2.39. The Morgan fingerprint density at radius 3 is 2.74 bits per heavy atom. The number of nitrogens with one attached hydrogen (secondary N) is 2. The van der Waals surface area contributed by atoms with Crippen LogP contribution in [-0.4, -0.2) is 47.8 Å². The average molecular weight is 429 g/mol. The van der Waals surface area contributed by atoms with E-state index >= 15 is 0 Å². The van der Waals surface area contributed by atoms with Gasteiger partial charge in [0, 0.05) is 12.5 Å². The molecule has 1 aliphatic carbocycles. The predicted octanol–water partition coefficient (Wildman–Crippen LogP) is 1.97. The minimum atomic E-state index is -0.685. The lowest BCUT2D eigenvalue weighted by atomic mass is 10.0. The van der Waals surface area contributed by atoms with Gasteiger partial charge < -0.3 is 21.3 Å². The SMILES string of the molecule is CC[C@@H](C)C(=O)N[C@@H](CCN)C(=O)N1CCC[C@H]1C(=O)NC1CCc2c(C)cccc21. The van der Waals surface area contributed by atoms with Gasteiger partial charge in [0.2, 0.25) is 17.7 Å². The maximum absolute atomic E-state index is 13.3. The number of fused-ring (bicyclic) bond motifs is 1. The molecule has 1 fully saturated rings. The van der Waals surface area contributed by atoms with Gasteiger partial charge in [-0.3, -0.25) is 14.4 Å². The molecule has 1 aliphatic heterocycles. The molecule has 2 aliphatic rings. The van der Waals surface area contributed by atoms with Crippen molar-refractivity contribution in [2.24, 2.45) is 11.7 Å². The number of hydrogen-bond acceptors (Lipinski definition) is 4. The lowest BCUT2D eigenvalue weighted by molar-refractivity contribution is -0.142. The Labute approximate surface area is 185 Å². The molecule has 1 aromatic carbocycles. The van der Waals surface area contributed by atoms with Crippen molar-refractivity contribution < 1.29 is 14.4 Å². The first kappa shape index (κ1) is 23.3. The van der Waals surface area contributed by atoms with Crippen LogP contribution in [0.4, 0.5) is 0 Å². The summed E-state index contributed by atoms with van der Waals surface area (Å²) >= 11 is 0. The van der Waals surface area contributed by atoms with Crippen LogP contribution in [0.2, 0.25) is 0 Å². The molecule has 3 rings (SSSR count). The Kier molecular flexibility index (Phi) is 7.70. The molecule has 1 unspecified atom stereocenters. The van der Waals surface area contributed by atoms with Crippen molar-refractivity contribution in [3.05, 3.63) is 34.9 Å². The molecule has 0 saturated carbocycles. The molecule has 7 heteroatoms. The van der Waals surface area contributed by atoms with Gasteiger partial charge in [-0.05, 0) is 68.7 Å². The van der Waals surface area contributed by atoms with E-state index in [2.05, 4.69) is 29.7 Å². The molecule has 0 bridgehead atoms. The van der Waals surface area contributed by atoms with Crippen LogP contribution < -0.4 is 16.4 Å². The molecule has 0 aromatic heterocycles. The topological polar surface area (TPSA) is 105 Å². The van der Waals surface area contributed by atoms with Crippen molar-refractivity contribution >= 4 is 17.7 Å². The van der Waals surface area contributed by atoms with Gasteiger partial charge in [-0.15, -0.1) is 0 Å². The van der Waals surface area contributed by atoms with E-state index in [9.17, 15) is 14.4 Å². The number of likely N-dealkylation sites (tertiary alicyclic amines) is 1. The lowest BCUT2D eigenvalue weighted by Gasteiger charge is -2.30. The summed E-state index contributed by atoms with van der Waals surface area (Å²) in [6.45, 7) is 6.70. The van der Waals surface area contributed by atoms with Gasteiger partial charge in [0.05, 0.1) is 6.04 Å². The zero-order valence-electron chi connectivity index (χ0n) is 18.9. The Bertz CT molecular complexity index is 825. The number of carbonyl (C=O) groups excluding carboxylic acids is 3. The normalized spacial score (nSPS) is 22.0. The highest BCUT2D eigenvalue weighted by molar-refractivity contribution is 5.93. The van der Waals surface area contributed by atoms with E-state index in [0.29, 0.717) is 32.4 Å². The summed E-state index contributed by atoms with van der Waals surface area (Å²) in [5, 5.41) is 6.04. The summed E-state index contributed by atoms with van der Waals surface area (Å²) in [7, 11) is 0. The number of nitrogens with zero attached hydrogens (tertiary/aromatic N) is 1. The molecule has 4 N–H and O–H groups in total. The fraction of sp³-hybridized carbons (Fsp3) is 0.625. The summed E-state index contributed by atoms with van der Waals surface area (Å²) in [6.07, 6.45) is 4.32. The smallest absolute Gasteiger partial charge is 0.245 e. The number of hydrogen-bond donors (Lipinski definition) is 3. The summed E-state index contributed by atoms with van der Waals surface area (Å²) < 4.78 is 0. The van der Waals surface area contributed by atoms with Crippen molar-refractivity contribution in [2.75, 3.05) is 13.1 Å². The number of nitrogens with two attached hydrogens (primary N) is 1. The molecular weight excluding hydrogens is 392 g/mol. The molecule has 7 nitrogen and oxygen atoms in total. The van der Waals surface area contributed by atoms with Crippen molar-refractivity contribution in [1.29, 1.82) is 0 Å². The third-order valence-electron chi connectivity index (χ3n) is 6.79. The zero-order chi connectivity index (χ0) is 22.5. The maximum atomic E-state index is 13.3. The van der Waals surface area contributed by atoms with Gasteiger partial charge >= 0.3 is 0 Å². The van der Waals surface area contributed by atoms with Crippen LogP contribution in [0.25, 0.3) is 0 Å². The maximum Gasteiger partial charge on any atom is 0.245 e. The van der Waals surface area contributed by atoms with E-state index in [1.165, 1.54) is 16.7 Å². The molecular formula is C24H36N4O3. The van der Waals surface area contributed by atoms with E-state index in [1.807, 2.05) is 19.9 Å². The van der Waals surface area contributed by atoms with Crippen LogP contribution in [0.3, 0.4) is 0 Å². The van der Waals surface area contributed by atoms with Crippen molar-refractivity contribution in [3.63, 3.8) is 0 Å². The molecule has 1 aromatic rings. The van der Waals surface area contributed by atoms with E-state index < -0.39 is 12.1 Å². The summed E-state index contributed by atoms with van der Waals surface area (Å²) in [4.78, 5) is 40.4. The largest absolute Gasteiger partial charge is 0.347 e. The first-order valence-corrected chi connectivity index (χ1v) is 11.6. The minimum Gasteiger partial charge on any atom is -0.347 e. The van der Waals surface area contributed by atoms with E-state index in [1.54, 1.807) is 4.90 Å². The van der Waals surface area contributed by atoms with Gasteiger partial charge in [-0.2, -0.15) is 0 Å². The van der Waals surface area contributed by atoms with Crippen LogP contribution in [0.1, 0.15) is 68.7 Å². The second kappa shape index (κ2) is 10.3. The van der Waals surface area contributed by atoms with Crippen LogP contribution >= 0.6 is 0 Å². The molecule has 170 valence electrons. The predicted molar refractivity (Wildman–Crippen MR) is 120 cm³/mol. The van der Waals surface area contributed by atoms with E-state index in [4.69, 9.17) is 5.73 Å². The fourth-order valence-corrected chi connectivity index (χ4v) is 4.68. The Morgan fingerprint density at radius 1 is 1.26 bits per heavy atom. The monoisotopic (exact) mass is 428 g/mol. The van der Waals surface area contributed by atoms with Crippen LogP contribution in [-0.2, 0) is 20.8 Å². The van der Waals surface area contributed by atoms with Crippen molar-refractivity contribution in [2.45, 2.75) is 77.4 Å². The third-order valence-corrected chi connectivity index (χ3v) is 6.79. The highest BCUT2D eigenvalue weighted by atomic mass is 16.2. The third kappa shape index (κ3) is 5.09. The standard InChI is InChI=1S/C24H36N4O3/c1-4-15(2)22(29)27-20(12-13-25)24(31)28-14-6-9-21(28)23(30)26-19-11-10-17-16(3)7-5-8-18(17)19/h5,7-8,15,19-21H,4,6,9-14,25H2,1-3H3,(H,26,30)(H,27,29)/t15-,19?,20+,21+/m1/s1. The quantitative estimate of drug-likeness (QED) is 0.589. The molecule has 1 saturated heterocycles. The molecule has 0 radical (unpaired) electrons. The van der Waals surface area contributed by atoms with Crippen LogP contribution in [0.15, 0.2) is 18.2 Å². The van der Waals surface area contributed by atoms with Gasteiger partial charge in [-0.25, -0.2) is 0 Å². The summed E-state index contributed by atoms with van der Waals surface area (Å²) in [5.41, 5.74) is 9.48. The number of carbonyl (C=O) groups is 3. The van der Waals surface area contributed by atoms with Gasteiger partial charge in [0.15, 0.2) is 0 Å². The minimum absolute atomic E-state index is 0.00935. The van der Waals surface area contributed by atoms with Gasteiger partial charge in [0.1, 0.15) is 12.1 Å². The number of rotatable bonds is 8. The zero-order valence-corrected chi connectivity index (χ0v) is 18.9. The summed E-state index contributed by atoms with van der Waals surface area (Å²) in [5.74, 6) is -0.628. The molecule has 1 heterocycles. The lowest BCUT2D eigenvalue weighted by Crippen LogP contribution is -2.54. The molecule has 3 amide bonds. The summed E-state index contributed by atoms with van der Waals surface area (Å²) in [6, 6.07) is 5.02. The molecule has 31 heavy (non-hydrogen) atoms. The average Bonchev–Trinajstić information content (AvgIpc) is 3.40. The second-order valence-corrected chi connectivity index (χ2v) is 8.88. The fourth-order valence-electron chi connectivity index (χ4n) is 4.68. The van der Waals surface area contributed by atoms with Crippen LogP contribution in [0.5, 0.6) is 0 Å². The van der Waals surface area contributed by atoms with Crippen molar-refractivity contribution in [3.8, 4) is 0 Å². The first-order valence-electron chi connectivity index (χ1n) is 11.6. The number of amides is 3. The highest BCUT2D eigenvalue weighted by Crippen LogP contribution is 2.33. The number of aryl methyl sites for hydroxylation is 1. The number of benzene rings is 1. The van der Waals surface area contributed by atoms with Gasteiger partial charge in [-0.1, -0.05) is 32.0 Å². The van der Waals surface area contributed by atoms with Gasteiger partial charge in [0.25, 0.3) is 0 Å². The molecule has 4 atom stereocenters. The Morgan fingerprint density at radius 2 is 2.03 bits per heavy atom.